The molecule has 1 aromatic carbocycles. The van der Waals surface area contributed by atoms with Crippen LogP contribution in [0.4, 0.5) is 5.82 Å². The Morgan fingerprint density at radius 1 is 1.11 bits per heavy atom. The lowest BCUT2D eigenvalue weighted by Gasteiger charge is -2.35. The quantitative estimate of drug-likeness (QED) is 0.708. The minimum absolute atomic E-state index is 0.391. The summed E-state index contributed by atoms with van der Waals surface area (Å²) in [6, 6.07) is 7.72. The molecule has 1 aromatic heterocycles. The lowest BCUT2D eigenvalue weighted by molar-refractivity contribution is 0.180. The number of ether oxygens (including phenoxy) is 1. The first-order valence-corrected chi connectivity index (χ1v) is 11.3. The number of aromatic nitrogens is 2. The van der Waals surface area contributed by atoms with Crippen molar-refractivity contribution in [2.45, 2.75) is 20.0 Å². The molecule has 1 aliphatic heterocycles. The molecule has 7 nitrogen and oxygen atoms in total. The van der Waals surface area contributed by atoms with Crippen LogP contribution in [0.2, 0.25) is 5.02 Å². The smallest absolute Gasteiger partial charge is 0.211 e. The average Bonchev–Trinajstić information content (AvgIpc) is 2.65. The van der Waals surface area contributed by atoms with Crippen molar-refractivity contribution in [3.63, 3.8) is 0 Å². The van der Waals surface area contributed by atoms with Gasteiger partial charge in [0.1, 0.15) is 11.6 Å². The Bertz CT molecular complexity index is 927. The highest BCUT2D eigenvalue weighted by Gasteiger charge is 2.26. The van der Waals surface area contributed by atoms with Crippen molar-refractivity contribution in [2.24, 2.45) is 0 Å². The summed E-state index contributed by atoms with van der Waals surface area (Å²) in [4.78, 5) is 11.4. The van der Waals surface area contributed by atoms with Crippen LogP contribution in [-0.4, -0.2) is 62.2 Å². The van der Waals surface area contributed by atoms with Crippen LogP contribution in [0.15, 0.2) is 24.3 Å². The normalized spacial score (nSPS) is 15.8. The van der Waals surface area contributed by atoms with E-state index in [1.807, 2.05) is 31.2 Å². The second kappa shape index (κ2) is 8.73. The summed E-state index contributed by atoms with van der Waals surface area (Å²) in [7, 11) is -1.53. The molecule has 9 heteroatoms. The minimum Gasteiger partial charge on any atom is -0.378 e. The van der Waals surface area contributed by atoms with Gasteiger partial charge in [-0.1, -0.05) is 23.7 Å². The van der Waals surface area contributed by atoms with Gasteiger partial charge in [-0.2, -0.15) is 4.31 Å². The minimum atomic E-state index is -3.18. The lowest BCUT2D eigenvalue weighted by atomic mass is 10.0. The summed E-state index contributed by atoms with van der Waals surface area (Å²) >= 11 is 6.01. The fourth-order valence-corrected chi connectivity index (χ4v) is 4.33. The second-order valence-electron chi connectivity index (χ2n) is 6.91. The van der Waals surface area contributed by atoms with Crippen LogP contribution >= 0.6 is 11.6 Å². The van der Waals surface area contributed by atoms with Gasteiger partial charge >= 0.3 is 0 Å². The molecule has 2 aromatic rings. The molecule has 0 N–H and O–H groups in total. The number of hydrogen-bond acceptors (Lipinski definition) is 6. The molecular weight excluding hydrogens is 400 g/mol. The summed E-state index contributed by atoms with van der Waals surface area (Å²) in [6.07, 6.45) is 1.90. The molecule has 1 saturated heterocycles. The molecule has 0 amide bonds. The molecule has 0 spiro atoms. The number of halogens is 1. The Morgan fingerprint density at radius 3 is 2.32 bits per heavy atom. The monoisotopic (exact) mass is 424 g/mol. The van der Waals surface area contributed by atoms with E-state index in [2.05, 4.69) is 9.88 Å². The maximum Gasteiger partial charge on any atom is 0.211 e. The van der Waals surface area contributed by atoms with Gasteiger partial charge in [0, 0.05) is 50.3 Å². The highest BCUT2D eigenvalue weighted by molar-refractivity contribution is 7.88. The standard InChI is InChI=1S/C19H25ClN4O3S/c1-14-21-18(13-27-2)17(12-15-4-6-16(20)7-5-15)19(22-14)23-8-10-24(11-9-23)28(3,25)26/h4-7H,8-13H2,1-3H3. The highest BCUT2D eigenvalue weighted by atomic mass is 35.5. The first kappa shape index (κ1) is 21.0. The van der Waals surface area contributed by atoms with E-state index in [0.29, 0.717) is 50.1 Å². The number of nitrogens with zero attached hydrogens (tertiary/aromatic N) is 4. The van der Waals surface area contributed by atoms with Crippen LogP contribution in [0.25, 0.3) is 0 Å². The molecule has 0 unspecified atom stereocenters. The maximum atomic E-state index is 11.8. The fraction of sp³-hybridized carbons (Fsp3) is 0.474. The predicted molar refractivity (Wildman–Crippen MR) is 110 cm³/mol. The third kappa shape index (κ3) is 5.00. The van der Waals surface area contributed by atoms with Crippen molar-refractivity contribution in [3.05, 3.63) is 51.9 Å². The second-order valence-corrected chi connectivity index (χ2v) is 9.32. The fourth-order valence-electron chi connectivity index (χ4n) is 3.37. The van der Waals surface area contributed by atoms with Gasteiger partial charge in [0.25, 0.3) is 0 Å². The largest absolute Gasteiger partial charge is 0.378 e. The molecule has 0 atom stereocenters. The summed E-state index contributed by atoms with van der Waals surface area (Å²) in [5, 5.41) is 0.693. The molecule has 3 rings (SSSR count). The van der Waals surface area contributed by atoms with Gasteiger partial charge in [0.15, 0.2) is 0 Å². The van der Waals surface area contributed by atoms with Crippen LogP contribution in [-0.2, 0) is 27.8 Å². The number of rotatable bonds is 6. The van der Waals surface area contributed by atoms with Gasteiger partial charge < -0.3 is 9.64 Å². The maximum absolute atomic E-state index is 11.8. The van der Waals surface area contributed by atoms with Gasteiger partial charge in [-0.3, -0.25) is 0 Å². The van der Waals surface area contributed by atoms with Crippen molar-refractivity contribution in [1.82, 2.24) is 14.3 Å². The Morgan fingerprint density at radius 2 is 1.75 bits per heavy atom. The Kier molecular flexibility index (Phi) is 6.54. The SMILES string of the molecule is COCc1nc(C)nc(N2CCN(S(C)(=O)=O)CC2)c1Cc1ccc(Cl)cc1. The topological polar surface area (TPSA) is 75.6 Å². The zero-order chi connectivity index (χ0) is 20.3. The molecule has 1 aliphatic rings. The van der Waals surface area contributed by atoms with Crippen LogP contribution in [0.5, 0.6) is 0 Å². The van der Waals surface area contributed by atoms with E-state index in [1.54, 1.807) is 7.11 Å². The zero-order valence-corrected chi connectivity index (χ0v) is 17.9. The average molecular weight is 425 g/mol. The zero-order valence-electron chi connectivity index (χ0n) is 16.4. The summed E-state index contributed by atoms with van der Waals surface area (Å²) in [5.41, 5.74) is 2.96. The van der Waals surface area contributed by atoms with Gasteiger partial charge in [0.05, 0.1) is 18.6 Å². The molecule has 2 heterocycles. The number of hydrogen-bond donors (Lipinski definition) is 0. The third-order valence-corrected chi connectivity index (χ3v) is 6.32. The molecule has 0 bridgehead atoms. The summed E-state index contributed by atoms with van der Waals surface area (Å²) < 4.78 is 30.5. The van der Waals surface area contributed by atoms with E-state index in [4.69, 9.17) is 21.3 Å². The van der Waals surface area contributed by atoms with Crippen molar-refractivity contribution in [3.8, 4) is 0 Å². The molecule has 0 aliphatic carbocycles. The lowest BCUT2D eigenvalue weighted by Crippen LogP contribution is -2.49. The molecule has 0 radical (unpaired) electrons. The number of sulfonamides is 1. The van der Waals surface area contributed by atoms with E-state index in [0.717, 1.165) is 22.6 Å². The van der Waals surface area contributed by atoms with Crippen LogP contribution in [0.3, 0.4) is 0 Å². The van der Waals surface area contributed by atoms with Gasteiger partial charge in [-0.25, -0.2) is 18.4 Å². The number of piperazine rings is 1. The van der Waals surface area contributed by atoms with E-state index >= 15 is 0 Å². The number of benzene rings is 1. The Labute approximate surface area is 171 Å². The summed E-state index contributed by atoms with van der Waals surface area (Å²) in [5.74, 6) is 1.52. The van der Waals surface area contributed by atoms with Gasteiger partial charge in [-0.15, -0.1) is 0 Å². The van der Waals surface area contributed by atoms with Crippen molar-refractivity contribution >= 4 is 27.4 Å². The van der Waals surface area contributed by atoms with Gasteiger partial charge in [0.2, 0.25) is 10.0 Å². The molecule has 28 heavy (non-hydrogen) atoms. The van der Waals surface area contributed by atoms with E-state index in [-0.39, 0.29) is 0 Å². The number of anilines is 1. The van der Waals surface area contributed by atoms with Crippen molar-refractivity contribution in [1.29, 1.82) is 0 Å². The molecular formula is C19H25ClN4O3S. The van der Waals surface area contributed by atoms with E-state index < -0.39 is 10.0 Å². The summed E-state index contributed by atoms with van der Waals surface area (Å²) in [6.45, 7) is 4.32. The number of aryl methyl sites for hydroxylation is 1. The predicted octanol–water partition coefficient (Wildman–Crippen LogP) is 2.26. The highest BCUT2D eigenvalue weighted by Crippen LogP contribution is 2.27. The Balaban J connectivity index is 1.94. The van der Waals surface area contributed by atoms with E-state index in [1.165, 1.54) is 10.6 Å². The van der Waals surface area contributed by atoms with Crippen LogP contribution in [0.1, 0.15) is 22.6 Å². The van der Waals surface area contributed by atoms with Crippen LogP contribution < -0.4 is 4.90 Å². The first-order chi connectivity index (χ1) is 13.3. The van der Waals surface area contributed by atoms with Crippen LogP contribution in [0, 0.1) is 6.92 Å². The van der Waals surface area contributed by atoms with Crippen molar-refractivity contribution in [2.75, 3.05) is 44.4 Å². The van der Waals surface area contributed by atoms with E-state index in [9.17, 15) is 8.42 Å². The first-order valence-electron chi connectivity index (χ1n) is 9.08. The third-order valence-electron chi connectivity index (χ3n) is 4.77. The molecule has 152 valence electrons. The molecule has 0 saturated carbocycles. The molecule has 1 fully saturated rings. The van der Waals surface area contributed by atoms with Crippen molar-refractivity contribution < 1.29 is 13.2 Å². The number of methoxy groups -OCH3 is 1. The Hall–Kier alpha value is -1.74. The van der Waals surface area contributed by atoms with Gasteiger partial charge in [-0.05, 0) is 24.6 Å².